The molecular weight excluding hydrogens is 332 g/mol. The highest BCUT2D eigenvalue weighted by Crippen LogP contribution is 2.28. The Morgan fingerprint density at radius 3 is 2.81 bits per heavy atom. The molecular formula is C18H20N6O2. The maximum Gasteiger partial charge on any atom is 0.193 e. The van der Waals surface area contributed by atoms with Crippen LogP contribution in [0.1, 0.15) is 5.56 Å². The second-order valence-electron chi connectivity index (χ2n) is 5.37. The molecule has 0 radical (unpaired) electrons. The van der Waals surface area contributed by atoms with Crippen LogP contribution >= 0.6 is 0 Å². The smallest absolute Gasteiger partial charge is 0.193 e. The number of aromatic nitrogens is 3. The first-order valence-corrected chi connectivity index (χ1v) is 7.93. The number of ether oxygens (including phenoxy) is 2. The van der Waals surface area contributed by atoms with Crippen molar-refractivity contribution in [1.29, 1.82) is 0 Å². The van der Waals surface area contributed by atoms with Crippen LogP contribution in [0.3, 0.4) is 0 Å². The first-order valence-electron chi connectivity index (χ1n) is 7.93. The number of guanidine groups is 1. The molecule has 0 fully saturated rings. The quantitative estimate of drug-likeness (QED) is 0.521. The van der Waals surface area contributed by atoms with Crippen LogP contribution in [0, 0.1) is 0 Å². The monoisotopic (exact) mass is 352 g/mol. The van der Waals surface area contributed by atoms with Gasteiger partial charge in [-0.05, 0) is 35.9 Å². The fraction of sp³-hybridized carbons (Fsp3) is 0.167. The Morgan fingerprint density at radius 2 is 2.08 bits per heavy atom. The van der Waals surface area contributed by atoms with Crippen LogP contribution in [-0.2, 0) is 6.54 Å². The normalized spacial score (nSPS) is 11.2. The Bertz CT molecular complexity index is 892. The zero-order valence-electron chi connectivity index (χ0n) is 14.6. The number of methoxy groups -OCH3 is 2. The van der Waals surface area contributed by atoms with Crippen LogP contribution in [0.5, 0.6) is 11.5 Å². The lowest BCUT2D eigenvalue weighted by molar-refractivity contribution is 0.405. The summed E-state index contributed by atoms with van der Waals surface area (Å²) < 4.78 is 12.2. The molecule has 26 heavy (non-hydrogen) atoms. The fourth-order valence-electron chi connectivity index (χ4n) is 2.35. The van der Waals surface area contributed by atoms with E-state index in [1.54, 1.807) is 43.4 Å². The molecule has 0 unspecified atom stereocenters. The number of benzene rings is 1. The average molecular weight is 352 g/mol. The molecule has 0 spiro atoms. The van der Waals surface area contributed by atoms with Gasteiger partial charge < -0.3 is 20.5 Å². The summed E-state index contributed by atoms with van der Waals surface area (Å²) in [6.45, 7) is 0.405. The summed E-state index contributed by atoms with van der Waals surface area (Å²) in [6, 6.07) is 11.0. The third kappa shape index (κ3) is 4.10. The molecule has 0 saturated carbocycles. The first kappa shape index (κ1) is 17.3. The highest BCUT2D eigenvalue weighted by molar-refractivity contribution is 5.94. The molecule has 0 saturated heterocycles. The van der Waals surface area contributed by atoms with Crippen molar-refractivity contribution >= 4 is 11.6 Å². The van der Waals surface area contributed by atoms with Gasteiger partial charge in [-0.2, -0.15) is 5.10 Å². The second kappa shape index (κ2) is 8.02. The summed E-state index contributed by atoms with van der Waals surface area (Å²) in [7, 11) is 3.19. The SMILES string of the molecule is COc1ccc(OC)c(NC(N)=NCc2ccnc(-n3cccn3)c2)c1. The standard InChI is InChI=1S/C18H20N6O2/c1-25-14-4-5-16(26-2)15(11-14)23-18(19)21-12-13-6-8-20-17(10-13)24-9-3-7-22-24/h3-11H,12H2,1-2H3,(H3,19,21,23). The van der Waals surface area contributed by atoms with Crippen molar-refractivity contribution in [3.05, 3.63) is 60.6 Å². The van der Waals surface area contributed by atoms with Gasteiger partial charge in [0.25, 0.3) is 0 Å². The highest BCUT2D eigenvalue weighted by Gasteiger charge is 2.06. The molecule has 8 nitrogen and oxygen atoms in total. The maximum absolute atomic E-state index is 6.01. The van der Waals surface area contributed by atoms with E-state index in [9.17, 15) is 0 Å². The van der Waals surface area contributed by atoms with E-state index in [0.717, 1.165) is 11.4 Å². The van der Waals surface area contributed by atoms with Crippen LogP contribution in [0.2, 0.25) is 0 Å². The molecule has 3 N–H and O–H groups in total. The molecule has 3 aromatic rings. The topological polar surface area (TPSA) is 99.6 Å². The summed E-state index contributed by atoms with van der Waals surface area (Å²) in [5.41, 5.74) is 7.66. The predicted octanol–water partition coefficient (Wildman–Crippen LogP) is 2.21. The zero-order valence-corrected chi connectivity index (χ0v) is 14.6. The number of anilines is 1. The number of nitrogens with zero attached hydrogens (tertiary/aromatic N) is 4. The maximum atomic E-state index is 6.01. The zero-order chi connectivity index (χ0) is 18.4. The molecule has 0 amide bonds. The van der Waals surface area contributed by atoms with Crippen LogP contribution in [-0.4, -0.2) is 34.9 Å². The van der Waals surface area contributed by atoms with Gasteiger partial charge in [-0.1, -0.05) is 0 Å². The Kier molecular flexibility index (Phi) is 5.33. The summed E-state index contributed by atoms with van der Waals surface area (Å²) in [5, 5.41) is 7.21. The minimum Gasteiger partial charge on any atom is -0.497 e. The van der Waals surface area contributed by atoms with Gasteiger partial charge in [0, 0.05) is 24.7 Å². The number of pyridine rings is 1. The van der Waals surface area contributed by atoms with Crippen molar-refractivity contribution in [3.63, 3.8) is 0 Å². The molecule has 0 atom stereocenters. The number of aliphatic imine (C=N–C) groups is 1. The number of nitrogens with one attached hydrogen (secondary N) is 1. The Labute approximate surface area is 151 Å². The number of rotatable bonds is 6. The largest absolute Gasteiger partial charge is 0.497 e. The Balaban J connectivity index is 1.72. The van der Waals surface area contributed by atoms with Crippen molar-refractivity contribution in [2.75, 3.05) is 19.5 Å². The summed E-state index contributed by atoms with van der Waals surface area (Å²) in [6.07, 6.45) is 5.26. The van der Waals surface area contributed by atoms with E-state index in [0.29, 0.717) is 23.7 Å². The number of nitrogens with two attached hydrogens (primary N) is 1. The average Bonchev–Trinajstić information content (AvgIpc) is 3.21. The van der Waals surface area contributed by atoms with Crippen molar-refractivity contribution in [2.24, 2.45) is 10.7 Å². The first-order chi connectivity index (χ1) is 12.7. The van der Waals surface area contributed by atoms with Crippen molar-refractivity contribution < 1.29 is 9.47 Å². The third-order valence-electron chi connectivity index (χ3n) is 3.65. The molecule has 0 aliphatic rings. The van der Waals surface area contributed by atoms with Crippen LogP contribution in [0.15, 0.2) is 60.0 Å². The van der Waals surface area contributed by atoms with Gasteiger partial charge >= 0.3 is 0 Å². The summed E-state index contributed by atoms with van der Waals surface area (Å²) >= 11 is 0. The van der Waals surface area contributed by atoms with Crippen LogP contribution in [0.4, 0.5) is 5.69 Å². The van der Waals surface area contributed by atoms with Gasteiger partial charge in [0.1, 0.15) is 11.5 Å². The lowest BCUT2D eigenvalue weighted by Crippen LogP contribution is -2.23. The second-order valence-corrected chi connectivity index (χ2v) is 5.37. The summed E-state index contributed by atoms with van der Waals surface area (Å²) in [4.78, 5) is 8.67. The van der Waals surface area contributed by atoms with Gasteiger partial charge in [-0.3, -0.25) is 0 Å². The Morgan fingerprint density at radius 1 is 1.19 bits per heavy atom. The van der Waals surface area contributed by atoms with Crippen LogP contribution in [0.25, 0.3) is 5.82 Å². The van der Waals surface area contributed by atoms with E-state index in [4.69, 9.17) is 15.2 Å². The van der Waals surface area contributed by atoms with E-state index >= 15 is 0 Å². The van der Waals surface area contributed by atoms with E-state index in [1.165, 1.54) is 0 Å². The molecule has 0 aliphatic carbocycles. The van der Waals surface area contributed by atoms with Crippen LogP contribution < -0.4 is 20.5 Å². The molecule has 0 aliphatic heterocycles. The van der Waals surface area contributed by atoms with E-state index in [-0.39, 0.29) is 5.96 Å². The van der Waals surface area contributed by atoms with E-state index in [2.05, 4.69) is 20.4 Å². The minimum atomic E-state index is 0.272. The lowest BCUT2D eigenvalue weighted by Gasteiger charge is -2.12. The molecule has 0 bridgehead atoms. The molecule has 2 aromatic heterocycles. The lowest BCUT2D eigenvalue weighted by atomic mass is 10.2. The van der Waals surface area contributed by atoms with Gasteiger partial charge in [0.05, 0.1) is 26.5 Å². The third-order valence-corrected chi connectivity index (χ3v) is 3.65. The van der Waals surface area contributed by atoms with Crippen molar-refractivity contribution in [1.82, 2.24) is 14.8 Å². The predicted molar refractivity (Wildman–Crippen MR) is 99.9 cm³/mol. The van der Waals surface area contributed by atoms with Gasteiger partial charge in [0.2, 0.25) is 0 Å². The van der Waals surface area contributed by atoms with Gasteiger partial charge in [0.15, 0.2) is 11.8 Å². The van der Waals surface area contributed by atoms with Gasteiger partial charge in [-0.15, -0.1) is 0 Å². The van der Waals surface area contributed by atoms with E-state index < -0.39 is 0 Å². The summed E-state index contributed by atoms with van der Waals surface area (Å²) in [5.74, 6) is 2.34. The van der Waals surface area contributed by atoms with Gasteiger partial charge in [-0.25, -0.2) is 14.7 Å². The fourth-order valence-corrected chi connectivity index (χ4v) is 2.35. The minimum absolute atomic E-state index is 0.272. The van der Waals surface area contributed by atoms with Crippen molar-refractivity contribution in [2.45, 2.75) is 6.54 Å². The number of hydrogen-bond donors (Lipinski definition) is 2. The molecule has 134 valence electrons. The molecule has 1 aromatic carbocycles. The molecule has 3 rings (SSSR count). The molecule has 8 heteroatoms. The Hall–Kier alpha value is -3.55. The highest BCUT2D eigenvalue weighted by atomic mass is 16.5. The number of hydrogen-bond acceptors (Lipinski definition) is 5. The van der Waals surface area contributed by atoms with Crippen molar-refractivity contribution in [3.8, 4) is 17.3 Å². The van der Waals surface area contributed by atoms with E-state index in [1.807, 2.05) is 30.5 Å². The molecule has 2 heterocycles.